The van der Waals surface area contributed by atoms with E-state index in [1.165, 1.54) is 22.3 Å². The monoisotopic (exact) mass is 876 g/mol. The Morgan fingerprint density at radius 1 is 0.309 bits per heavy atom. The van der Waals surface area contributed by atoms with Gasteiger partial charge < -0.3 is 9.80 Å². The van der Waals surface area contributed by atoms with Crippen LogP contribution in [-0.4, -0.2) is 30.0 Å². The zero-order valence-corrected chi connectivity index (χ0v) is 37.1. The second-order valence-electron chi connectivity index (χ2n) is 16.9. The van der Waals surface area contributed by atoms with Gasteiger partial charge in [-0.2, -0.15) is 14.7 Å². The summed E-state index contributed by atoms with van der Waals surface area (Å²) in [6.07, 6.45) is 6.14. The third kappa shape index (κ3) is 8.01. The molecule has 0 saturated carbocycles. The van der Waals surface area contributed by atoms with Crippen LogP contribution in [-0.2, 0) is 6.42 Å². The van der Waals surface area contributed by atoms with Crippen molar-refractivity contribution < 1.29 is 0 Å². The molecular formula is C60H44N8. The van der Waals surface area contributed by atoms with E-state index in [4.69, 9.17) is 20.4 Å². The molecule has 1 aliphatic carbocycles. The molecule has 0 radical (unpaired) electrons. The predicted octanol–water partition coefficient (Wildman–Crippen LogP) is 14.9. The van der Waals surface area contributed by atoms with Gasteiger partial charge in [0.1, 0.15) is 16.7 Å². The highest BCUT2D eigenvalue weighted by molar-refractivity contribution is 5.83. The highest BCUT2D eigenvalue weighted by Crippen LogP contribution is 2.40. The summed E-state index contributed by atoms with van der Waals surface area (Å²) in [6, 6.07) is 81.0. The smallest absolute Gasteiger partial charge is 0.113 e. The molecule has 0 fully saturated rings. The zero-order chi connectivity index (χ0) is 45.2. The van der Waals surface area contributed by atoms with E-state index in [9.17, 15) is 0 Å². The van der Waals surface area contributed by atoms with Crippen molar-refractivity contribution in [2.24, 2.45) is 0 Å². The average Bonchev–Trinajstić information content (AvgIpc) is 4.06. The first-order valence-electron chi connectivity index (χ1n) is 22.9. The quantitative estimate of drug-likeness (QED) is 0.129. The Morgan fingerprint density at radius 2 is 0.632 bits per heavy atom. The van der Waals surface area contributed by atoms with Crippen molar-refractivity contribution in [3.8, 4) is 44.8 Å². The van der Waals surface area contributed by atoms with Crippen molar-refractivity contribution in [3.63, 3.8) is 0 Å². The fourth-order valence-corrected chi connectivity index (χ4v) is 9.00. The Labute approximate surface area is 395 Å². The molecule has 1 aliphatic rings. The van der Waals surface area contributed by atoms with Crippen molar-refractivity contribution in [1.82, 2.24) is 30.0 Å². The number of hydrogen-bond donors (Lipinski definition) is 0. The minimum absolute atomic E-state index is 0.864. The number of hydrogen-bond acceptors (Lipinski definition) is 6. The molecule has 0 spiro atoms. The Kier molecular flexibility index (Phi) is 10.5. The molecule has 0 aliphatic heterocycles. The summed E-state index contributed by atoms with van der Waals surface area (Å²) < 4.78 is 0. The lowest BCUT2D eigenvalue weighted by atomic mass is 10.0. The number of nitrogens with zero attached hydrogens (tertiary/aromatic N) is 8. The molecule has 0 atom stereocenters. The number of allylic oxidation sites excluding steroid dienone is 1. The summed E-state index contributed by atoms with van der Waals surface area (Å²) >= 11 is 0. The van der Waals surface area contributed by atoms with Gasteiger partial charge in [-0.15, -0.1) is 15.3 Å². The summed E-state index contributed by atoms with van der Waals surface area (Å²) in [5, 5.41) is 19.0. The Balaban J connectivity index is 0.853. The van der Waals surface area contributed by atoms with Crippen LogP contribution in [0.3, 0.4) is 0 Å². The molecule has 0 N–H and O–H groups in total. The molecule has 12 rings (SSSR count). The van der Waals surface area contributed by atoms with Gasteiger partial charge in [-0.25, -0.2) is 0 Å². The molecule has 8 heteroatoms. The second-order valence-corrected chi connectivity index (χ2v) is 16.9. The van der Waals surface area contributed by atoms with Crippen LogP contribution in [0.4, 0.5) is 34.1 Å². The van der Waals surface area contributed by atoms with E-state index >= 15 is 0 Å². The maximum atomic E-state index is 4.80. The van der Waals surface area contributed by atoms with Crippen LogP contribution in [0.2, 0.25) is 0 Å². The van der Waals surface area contributed by atoms with Crippen molar-refractivity contribution in [1.29, 1.82) is 0 Å². The van der Waals surface area contributed by atoms with Crippen LogP contribution in [0.25, 0.3) is 61.9 Å². The highest BCUT2D eigenvalue weighted by Gasteiger charge is 2.18. The molecule has 0 bridgehead atoms. The SMILES string of the molecule is C1=Cc2nn(-c3ccc(N(c4ccc(-c5ccccc5)cc4)c4ccc(-c5ccc(N(c6ccc(-c7ccccc7)cc6)c6ccc(-n7nc8ccccc8n7)cc6)cc5)cc4)cc3)nc2CC1. The van der Waals surface area contributed by atoms with Gasteiger partial charge >= 0.3 is 0 Å². The van der Waals surface area contributed by atoms with Gasteiger partial charge in [-0.05, 0) is 161 Å². The molecule has 9 aromatic carbocycles. The lowest BCUT2D eigenvalue weighted by Crippen LogP contribution is -2.10. The van der Waals surface area contributed by atoms with Crippen molar-refractivity contribution >= 4 is 51.2 Å². The van der Waals surface area contributed by atoms with E-state index in [2.05, 4.69) is 222 Å². The fourth-order valence-electron chi connectivity index (χ4n) is 9.00. The van der Waals surface area contributed by atoms with Gasteiger partial charge in [0.2, 0.25) is 0 Å². The predicted molar refractivity (Wildman–Crippen MR) is 277 cm³/mol. The first kappa shape index (κ1) is 40.4. The maximum absolute atomic E-state index is 4.80. The highest BCUT2D eigenvalue weighted by atomic mass is 15.5. The van der Waals surface area contributed by atoms with Gasteiger partial charge in [0.25, 0.3) is 0 Å². The van der Waals surface area contributed by atoms with E-state index in [0.717, 1.165) is 91.9 Å². The molecule has 8 nitrogen and oxygen atoms in total. The first-order valence-corrected chi connectivity index (χ1v) is 22.9. The Bertz CT molecular complexity index is 3470. The molecule has 11 aromatic rings. The maximum Gasteiger partial charge on any atom is 0.113 e. The molecule has 0 unspecified atom stereocenters. The zero-order valence-electron chi connectivity index (χ0n) is 37.1. The fraction of sp³-hybridized carbons (Fsp3) is 0.0333. The lowest BCUT2D eigenvalue weighted by molar-refractivity contribution is 0.736. The van der Waals surface area contributed by atoms with Gasteiger partial charge in [-0.3, -0.25) is 0 Å². The second kappa shape index (κ2) is 17.7. The summed E-state index contributed by atoms with van der Waals surface area (Å²) in [5.41, 5.74) is 18.8. The third-order valence-electron chi connectivity index (χ3n) is 12.6. The number of anilines is 6. The van der Waals surface area contributed by atoms with Crippen LogP contribution in [0.5, 0.6) is 0 Å². The molecular weight excluding hydrogens is 833 g/mol. The van der Waals surface area contributed by atoms with E-state index in [-0.39, 0.29) is 0 Å². The van der Waals surface area contributed by atoms with Crippen LogP contribution >= 0.6 is 0 Å². The largest absolute Gasteiger partial charge is 0.311 e. The number of aromatic nitrogens is 6. The number of aryl methyl sites for hydroxylation is 1. The summed E-state index contributed by atoms with van der Waals surface area (Å²) in [4.78, 5) is 8.04. The Morgan fingerprint density at radius 3 is 1.00 bits per heavy atom. The summed E-state index contributed by atoms with van der Waals surface area (Å²) in [5.74, 6) is 0. The normalized spacial score (nSPS) is 11.9. The number of benzene rings is 9. The van der Waals surface area contributed by atoms with Crippen molar-refractivity contribution in [3.05, 3.63) is 248 Å². The minimum Gasteiger partial charge on any atom is -0.311 e. The minimum atomic E-state index is 0.864. The number of fused-ring (bicyclic) bond motifs is 2. The number of rotatable bonds is 11. The van der Waals surface area contributed by atoms with Gasteiger partial charge in [0, 0.05) is 34.1 Å². The van der Waals surface area contributed by atoms with Crippen LogP contribution in [0, 0.1) is 0 Å². The molecule has 0 saturated heterocycles. The van der Waals surface area contributed by atoms with Crippen molar-refractivity contribution in [2.75, 3.05) is 9.80 Å². The molecule has 324 valence electrons. The van der Waals surface area contributed by atoms with Crippen LogP contribution in [0.1, 0.15) is 17.8 Å². The van der Waals surface area contributed by atoms with Crippen molar-refractivity contribution in [2.45, 2.75) is 12.8 Å². The molecule has 0 amide bonds. The molecule has 2 heterocycles. The lowest BCUT2D eigenvalue weighted by Gasteiger charge is -2.26. The topological polar surface area (TPSA) is 67.9 Å². The van der Waals surface area contributed by atoms with Gasteiger partial charge in [-0.1, -0.05) is 127 Å². The van der Waals surface area contributed by atoms with E-state index in [1.54, 1.807) is 9.59 Å². The standard InChI is InChI=1S/C60H44N8/c1-3-11-43(12-4-1)45-19-27-49(28-20-45)65(53-35-39-55(40-36-53)67-61-57-15-7-8-16-58(57)62-67)51-31-23-47(24-32-51)48-25-33-52(34-26-48)66(50-29-21-46(22-30-50)44-13-5-2-6-14-44)54-37-41-56(42-38-54)68-63-59-17-9-10-18-60(59)64-68/h1-9,11-17,19-42H,10,18H2. The van der Waals surface area contributed by atoms with E-state index in [0.29, 0.717) is 0 Å². The molecule has 68 heavy (non-hydrogen) atoms. The Hall–Kier alpha value is -9.14. The van der Waals surface area contributed by atoms with Gasteiger partial charge in [0.15, 0.2) is 0 Å². The first-order chi connectivity index (χ1) is 33.7. The van der Waals surface area contributed by atoms with Gasteiger partial charge in [0.05, 0.1) is 17.1 Å². The van der Waals surface area contributed by atoms with Crippen LogP contribution < -0.4 is 9.80 Å². The van der Waals surface area contributed by atoms with Crippen LogP contribution in [0.15, 0.2) is 237 Å². The molecule has 2 aromatic heterocycles. The van der Waals surface area contributed by atoms with E-state index < -0.39 is 0 Å². The average molecular weight is 877 g/mol. The third-order valence-corrected chi connectivity index (χ3v) is 12.6. The van der Waals surface area contributed by atoms with E-state index in [1.807, 2.05) is 30.3 Å². The summed E-state index contributed by atoms with van der Waals surface area (Å²) in [7, 11) is 0. The summed E-state index contributed by atoms with van der Waals surface area (Å²) in [6.45, 7) is 0.